The van der Waals surface area contributed by atoms with Crippen LogP contribution in [0, 0.1) is 0 Å². The lowest BCUT2D eigenvalue weighted by Gasteiger charge is -2.31. The van der Waals surface area contributed by atoms with Crippen LogP contribution in [-0.2, 0) is 17.7 Å². The van der Waals surface area contributed by atoms with Gasteiger partial charge in [0.05, 0.1) is 24.3 Å². The average molecular weight is 371 g/mol. The standard InChI is InChI=1S/C18H21N5O4/c19-14-13-7-18(27-15(13)22-17(20)21-14)9-23(4-5-26-10-18)8-11-2-1-3-12(6-11)16(24)25/h1-3,6H,4-5,7-10H2,(H,24,25)(H4,19,20,21,22)/t18-/m0/s1. The highest BCUT2D eigenvalue weighted by molar-refractivity contribution is 5.87. The lowest BCUT2D eigenvalue weighted by atomic mass is 9.97. The number of fused-ring (bicyclic) bond motifs is 1. The maximum Gasteiger partial charge on any atom is 0.335 e. The number of aromatic nitrogens is 2. The Kier molecular flexibility index (Phi) is 4.33. The third kappa shape index (κ3) is 3.51. The molecule has 2 aliphatic heterocycles. The minimum Gasteiger partial charge on any atom is -0.478 e. The van der Waals surface area contributed by atoms with E-state index in [0.717, 1.165) is 11.1 Å². The molecular formula is C18H21N5O4. The van der Waals surface area contributed by atoms with Crippen LogP contribution in [0.3, 0.4) is 0 Å². The molecule has 9 nitrogen and oxygen atoms in total. The quantitative estimate of drug-likeness (QED) is 0.706. The summed E-state index contributed by atoms with van der Waals surface area (Å²) < 4.78 is 11.9. The van der Waals surface area contributed by atoms with Gasteiger partial charge in [0.25, 0.3) is 0 Å². The number of hydrogen-bond donors (Lipinski definition) is 3. The molecule has 142 valence electrons. The number of hydrogen-bond acceptors (Lipinski definition) is 8. The second-order valence-corrected chi connectivity index (χ2v) is 6.98. The van der Waals surface area contributed by atoms with Gasteiger partial charge in [0, 0.05) is 26.1 Å². The molecule has 3 heterocycles. The van der Waals surface area contributed by atoms with Crippen molar-refractivity contribution in [2.45, 2.75) is 18.6 Å². The van der Waals surface area contributed by atoms with Crippen LogP contribution in [0.2, 0.25) is 0 Å². The molecule has 0 aliphatic carbocycles. The number of nitrogen functional groups attached to an aromatic ring is 2. The molecule has 9 heteroatoms. The van der Waals surface area contributed by atoms with Crippen LogP contribution in [0.15, 0.2) is 24.3 Å². The molecule has 1 fully saturated rings. The summed E-state index contributed by atoms with van der Waals surface area (Å²) in [6.07, 6.45) is 0.542. The Morgan fingerprint density at radius 1 is 1.33 bits per heavy atom. The Hall–Kier alpha value is -2.91. The first-order valence-electron chi connectivity index (χ1n) is 8.67. The first-order valence-corrected chi connectivity index (χ1v) is 8.67. The van der Waals surface area contributed by atoms with Gasteiger partial charge in [-0.25, -0.2) is 4.79 Å². The SMILES string of the molecule is Nc1nc(N)c2c(n1)O[C@@]1(COCCN(Cc3cccc(C(=O)O)c3)C1)C2. The molecule has 0 radical (unpaired) electrons. The maximum atomic E-state index is 11.2. The predicted molar refractivity (Wildman–Crippen MR) is 97.4 cm³/mol. The highest BCUT2D eigenvalue weighted by Crippen LogP contribution is 2.38. The molecule has 0 bridgehead atoms. The summed E-state index contributed by atoms with van der Waals surface area (Å²) in [5.74, 6) is -0.105. The lowest BCUT2D eigenvalue weighted by molar-refractivity contribution is -0.00265. The lowest BCUT2D eigenvalue weighted by Crippen LogP contribution is -2.48. The predicted octanol–water partition coefficient (Wildman–Crippen LogP) is 0.545. The van der Waals surface area contributed by atoms with Crippen molar-refractivity contribution >= 4 is 17.7 Å². The molecule has 0 unspecified atom stereocenters. The summed E-state index contributed by atoms with van der Waals surface area (Å²) in [5.41, 5.74) is 13.0. The first-order chi connectivity index (χ1) is 12.9. The molecule has 5 N–H and O–H groups in total. The van der Waals surface area contributed by atoms with Crippen LogP contribution in [0.1, 0.15) is 21.5 Å². The van der Waals surface area contributed by atoms with Crippen molar-refractivity contribution in [3.63, 3.8) is 0 Å². The molecule has 2 aliphatic rings. The number of ether oxygens (including phenoxy) is 2. The van der Waals surface area contributed by atoms with Crippen LogP contribution in [0.25, 0.3) is 0 Å². The second kappa shape index (κ2) is 6.67. The van der Waals surface area contributed by atoms with Crippen molar-refractivity contribution in [1.82, 2.24) is 14.9 Å². The maximum absolute atomic E-state index is 11.2. The molecule has 1 saturated heterocycles. The van der Waals surface area contributed by atoms with Crippen molar-refractivity contribution in [3.8, 4) is 5.88 Å². The van der Waals surface area contributed by atoms with E-state index in [1.807, 2.05) is 6.07 Å². The van der Waals surface area contributed by atoms with Gasteiger partial charge < -0.3 is 26.0 Å². The third-order valence-electron chi connectivity index (χ3n) is 4.84. The zero-order valence-corrected chi connectivity index (χ0v) is 14.7. The van der Waals surface area contributed by atoms with Gasteiger partial charge in [-0.2, -0.15) is 9.97 Å². The van der Waals surface area contributed by atoms with Crippen LogP contribution >= 0.6 is 0 Å². The largest absolute Gasteiger partial charge is 0.478 e. The molecule has 0 saturated carbocycles. The van der Waals surface area contributed by atoms with E-state index in [2.05, 4.69) is 14.9 Å². The van der Waals surface area contributed by atoms with E-state index in [9.17, 15) is 9.90 Å². The molecule has 2 aromatic rings. The monoisotopic (exact) mass is 371 g/mol. The van der Waals surface area contributed by atoms with Gasteiger partial charge in [-0.05, 0) is 17.7 Å². The average Bonchev–Trinajstić information content (AvgIpc) is 2.85. The van der Waals surface area contributed by atoms with Crippen LogP contribution in [-0.4, -0.2) is 57.8 Å². The van der Waals surface area contributed by atoms with Gasteiger partial charge in [0.1, 0.15) is 5.82 Å². The minimum atomic E-state index is -0.936. The number of benzene rings is 1. The Bertz CT molecular complexity index is 890. The molecule has 1 aromatic carbocycles. The Morgan fingerprint density at radius 3 is 3.00 bits per heavy atom. The highest BCUT2D eigenvalue weighted by atomic mass is 16.6. The van der Waals surface area contributed by atoms with Gasteiger partial charge in [-0.1, -0.05) is 12.1 Å². The summed E-state index contributed by atoms with van der Waals surface area (Å²) in [4.78, 5) is 21.6. The number of anilines is 2. The van der Waals surface area contributed by atoms with Crippen molar-refractivity contribution in [1.29, 1.82) is 0 Å². The van der Waals surface area contributed by atoms with Crippen LogP contribution in [0.5, 0.6) is 5.88 Å². The molecule has 1 atom stereocenters. The van der Waals surface area contributed by atoms with Gasteiger partial charge in [0.15, 0.2) is 5.60 Å². The fourth-order valence-corrected chi connectivity index (χ4v) is 3.66. The van der Waals surface area contributed by atoms with E-state index in [0.29, 0.717) is 51.0 Å². The fourth-order valence-electron chi connectivity index (χ4n) is 3.66. The van der Waals surface area contributed by atoms with E-state index in [-0.39, 0.29) is 11.5 Å². The normalized spacial score (nSPS) is 22.2. The summed E-state index contributed by atoms with van der Waals surface area (Å²) in [6, 6.07) is 6.94. The molecule has 27 heavy (non-hydrogen) atoms. The number of rotatable bonds is 3. The number of nitrogens with two attached hydrogens (primary N) is 2. The van der Waals surface area contributed by atoms with Gasteiger partial charge in [-0.3, -0.25) is 4.90 Å². The first kappa shape index (κ1) is 17.5. The van der Waals surface area contributed by atoms with Crippen LogP contribution in [0.4, 0.5) is 11.8 Å². The summed E-state index contributed by atoms with van der Waals surface area (Å²) in [6.45, 7) is 2.87. The molecular weight excluding hydrogens is 350 g/mol. The zero-order chi connectivity index (χ0) is 19.0. The highest BCUT2D eigenvalue weighted by Gasteiger charge is 2.44. The molecule has 4 rings (SSSR count). The molecule has 0 amide bonds. The Labute approximate surface area is 155 Å². The number of nitrogens with zero attached hydrogens (tertiary/aromatic N) is 3. The fraction of sp³-hybridized carbons (Fsp3) is 0.389. The second-order valence-electron chi connectivity index (χ2n) is 6.98. The summed E-state index contributed by atoms with van der Waals surface area (Å²) >= 11 is 0. The molecule has 1 aromatic heterocycles. The number of aromatic carboxylic acids is 1. The topological polar surface area (TPSA) is 137 Å². The van der Waals surface area contributed by atoms with Crippen molar-refractivity contribution in [3.05, 3.63) is 41.0 Å². The van der Waals surface area contributed by atoms with Gasteiger partial charge in [-0.15, -0.1) is 0 Å². The third-order valence-corrected chi connectivity index (χ3v) is 4.84. The van der Waals surface area contributed by atoms with E-state index in [1.165, 1.54) is 0 Å². The van der Waals surface area contributed by atoms with Gasteiger partial charge >= 0.3 is 5.97 Å². The Balaban J connectivity index is 1.54. The van der Waals surface area contributed by atoms with Crippen molar-refractivity contribution in [2.75, 3.05) is 37.8 Å². The van der Waals surface area contributed by atoms with Crippen molar-refractivity contribution < 1.29 is 19.4 Å². The Morgan fingerprint density at radius 2 is 2.19 bits per heavy atom. The van der Waals surface area contributed by atoms with Crippen molar-refractivity contribution in [2.24, 2.45) is 0 Å². The van der Waals surface area contributed by atoms with E-state index in [1.54, 1.807) is 18.2 Å². The molecule has 1 spiro atoms. The van der Waals surface area contributed by atoms with E-state index in [4.69, 9.17) is 20.9 Å². The smallest absolute Gasteiger partial charge is 0.335 e. The van der Waals surface area contributed by atoms with E-state index < -0.39 is 11.6 Å². The van der Waals surface area contributed by atoms with E-state index >= 15 is 0 Å². The minimum absolute atomic E-state index is 0.0835. The summed E-state index contributed by atoms with van der Waals surface area (Å²) in [7, 11) is 0. The summed E-state index contributed by atoms with van der Waals surface area (Å²) in [5, 5.41) is 9.19. The van der Waals surface area contributed by atoms with Gasteiger partial charge in [0.2, 0.25) is 11.8 Å². The van der Waals surface area contributed by atoms with Crippen LogP contribution < -0.4 is 16.2 Å². The number of carbonyl (C=O) groups is 1. The zero-order valence-electron chi connectivity index (χ0n) is 14.7. The number of carboxylic acids is 1. The number of carboxylic acid groups (broad SMARTS) is 1.